The highest BCUT2D eigenvalue weighted by Crippen LogP contribution is 2.37. The normalized spacial score (nSPS) is 20.2. The molecule has 0 saturated carbocycles. The highest BCUT2D eigenvalue weighted by atomic mass is 35.5. The number of hydrogen-bond acceptors (Lipinski definition) is 8. The topological polar surface area (TPSA) is 72.6 Å². The first-order valence-corrected chi connectivity index (χ1v) is 17.3. The van der Waals surface area contributed by atoms with Crippen molar-refractivity contribution in [3.63, 3.8) is 0 Å². The number of carbonyl (C=O) groups is 1. The molecule has 14 heteroatoms. The maximum absolute atomic E-state index is 13.2. The van der Waals surface area contributed by atoms with Crippen molar-refractivity contribution < 1.29 is 22.7 Å². The van der Waals surface area contributed by atoms with Gasteiger partial charge in [0.2, 0.25) is 12.5 Å². The van der Waals surface area contributed by atoms with Crippen LogP contribution in [0.5, 0.6) is 6.01 Å². The minimum absolute atomic E-state index is 0.0206. The summed E-state index contributed by atoms with van der Waals surface area (Å²) in [5.74, 6) is 0.435. The van der Waals surface area contributed by atoms with Crippen LogP contribution in [0.2, 0.25) is 5.02 Å². The second kappa shape index (κ2) is 15.4. The third-order valence-corrected chi connectivity index (χ3v) is 10.1. The van der Waals surface area contributed by atoms with E-state index in [1.165, 1.54) is 19.2 Å². The second-order valence-corrected chi connectivity index (χ2v) is 13.7. The first-order valence-electron chi connectivity index (χ1n) is 17.0. The summed E-state index contributed by atoms with van der Waals surface area (Å²) in [7, 11) is 3.45. The molecule has 2 aromatic carbocycles. The van der Waals surface area contributed by atoms with Crippen molar-refractivity contribution in [2.45, 2.75) is 44.1 Å². The van der Waals surface area contributed by atoms with Gasteiger partial charge in [-0.05, 0) is 57.4 Å². The lowest BCUT2D eigenvalue weighted by Gasteiger charge is -2.41. The number of amides is 1. The Hall–Kier alpha value is -4.12. The molecule has 0 radical (unpaired) electrons. The van der Waals surface area contributed by atoms with Crippen molar-refractivity contribution in [2.75, 3.05) is 82.9 Å². The third-order valence-electron chi connectivity index (χ3n) is 9.77. The minimum atomic E-state index is -4.32. The average Bonchev–Trinajstić information content (AvgIpc) is 3.50. The molecule has 266 valence electrons. The number of aromatic nitrogens is 2. The van der Waals surface area contributed by atoms with E-state index in [9.17, 15) is 18.0 Å². The molecule has 0 bridgehead atoms. The van der Waals surface area contributed by atoms with Crippen LogP contribution in [0.4, 0.5) is 24.7 Å². The summed E-state index contributed by atoms with van der Waals surface area (Å²) in [5.41, 5.74) is 2.92. The number of rotatable bonds is 10. The van der Waals surface area contributed by atoms with Gasteiger partial charge < -0.3 is 29.2 Å². The Morgan fingerprint density at radius 3 is 2.66 bits per heavy atom. The number of hydrogen-bond donors (Lipinski definition) is 0. The number of nitrogens with zero attached hydrogens (tertiary/aromatic N) is 8. The standard InChI is InChI=1S/C36H42ClF3N8O2/c1-41-20-27-21-47(18-19-48(27)32(49)13-7-15-44(2)24-36(38,39)40)34-28-14-17-46(31-12-5-9-25-8-4-11-29(37)33(25)31)22-30(28)42-35(43-34)50-23-26-10-6-16-45(26)3/h4-5,7-9,11-13,26-27H,6,10,14-24H2,2-3H3/b13-7+/t26-,27-/m0/s1. The molecule has 3 aromatic rings. The van der Waals surface area contributed by atoms with E-state index >= 15 is 0 Å². The van der Waals surface area contributed by atoms with Crippen LogP contribution in [0, 0.1) is 6.57 Å². The molecule has 0 N–H and O–H groups in total. The Morgan fingerprint density at radius 1 is 1.12 bits per heavy atom. The molecule has 10 nitrogen and oxygen atoms in total. The average molecular weight is 711 g/mol. The van der Waals surface area contributed by atoms with Crippen molar-refractivity contribution in [1.29, 1.82) is 0 Å². The largest absolute Gasteiger partial charge is 0.462 e. The lowest BCUT2D eigenvalue weighted by molar-refractivity contribution is -0.141. The first kappa shape index (κ1) is 35.7. The number of benzene rings is 2. The first-order chi connectivity index (χ1) is 24.0. The van der Waals surface area contributed by atoms with Gasteiger partial charge in [-0.2, -0.15) is 23.1 Å². The maximum Gasteiger partial charge on any atom is 0.401 e. The Labute approximate surface area is 295 Å². The fraction of sp³-hybridized carbons (Fsp3) is 0.500. The molecule has 0 aliphatic carbocycles. The fourth-order valence-electron chi connectivity index (χ4n) is 7.22. The van der Waals surface area contributed by atoms with Gasteiger partial charge in [0, 0.05) is 61.5 Å². The van der Waals surface area contributed by atoms with Gasteiger partial charge in [-0.15, -0.1) is 0 Å². The molecule has 50 heavy (non-hydrogen) atoms. The predicted molar refractivity (Wildman–Crippen MR) is 189 cm³/mol. The molecule has 0 spiro atoms. The van der Waals surface area contributed by atoms with Crippen LogP contribution >= 0.6 is 11.6 Å². The van der Waals surface area contributed by atoms with E-state index in [-0.39, 0.29) is 25.0 Å². The summed E-state index contributed by atoms with van der Waals surface area (Å²) >= 11 is 6.71. The Bertz CT molecular complexity index is 1760. The Kier molecular flexibility index (Phi) is 11.0. The van der Waals surface area contributed by atoms with Crippen LogP contribution in [0.15, 0.2) is 48.6 Å². The third kappa shape index (κ3) is 8.25. The second-order valence-electron chi connectivity index (χ2n) is 13.3. The smallest absolute Gasteiger partial charge is 0.401 e. The number of carbonyl (C=O) groups excluding carboxylic acids is 1. The zero-order valence-corrected chi connectivity index (χ0v) is 29.1. The van der Waals surface area contributed by atoms with Gasteiger partial charge in [0.1, 0.15) is 18.5 Å². The van der Waals surface area contributed by atoms with Crippen molar-refractivity contribution in [3.05, 3.63) is 76.2 Å². The summed E-state index contributed by atoms with van der Waals surface area (Å²) in [6.07, 6.45) is 1.28. The summed E-state index contributed by atoms with van der Waals surface area (Å²) < 4.78 is 44.5. The SMILES string of the molecule is [C-]#[N+]C[C@H]1CN(c2nc(OC[C@@H]3CCCN3C)nc3c2CCN(c2cccc4cccc(Cl)c24)C3)CCN1C(=O)/C=C/CN(C)CC(F)(F)F. The number of piperazine rings is 1. The van der Waals surface area contributed by atoms with Crippen molar-refractivity contribution >= 4 is 39.8 Å². The minimum Gasteiger partial charge on any atom is -0.462 e. The number of fused-ring (bicyclic) bond motifs is 2. The number of anilines is 2. The van der Waals surface area contributed by atoms with Crippen molar-refractivity contribution in [2.24, 2.45) is 0 Å². The monoisotopic (exact) mass is 710 g/mol. The zero-order chi connectivity index (χ0) is 35.4. The van der Waals surface area contributed by atoms with Crippen molar-refractivity contribution in [3.8, 4) is 6.01 Å². The zero-order valence-electron chi connectivity index (χ0n) is 28.4. The Morgan fingerprint density at radius 2 is 1.92 bits per heavy atom. The van der Waals surface area contributed by atoms with Gasteiger partial charge >= 0.3 is 12.2 Å². The van der Waals surface area contributed by atoms with Gasteiger partial charge in [0.05, 0.1) is 23.8 Å². The number of alkyl halides is 3. The molecule has 3 aliphatic rings. The lowest BCUT2D eigenvalue weighted by atomic mass is 10.0. The molecule has 2 atom stereocenters. The van der Waals surface area contributed by atoms with Crippen LogP contribution in [-0.4, -0.2) is 122 Å². The van der Waals surface area contributed by atoms with Gasteiger partial charge in [-0.1, -0.05) is 41.9 Å². The van der Waals surface area contributed by atoms with E-state index in [1.807, 2.05) is 18.2 Å². The van der Waals surface area contributed by atoms with E-state index in [0.29, 0.717) is 50.2 Å². The quantitative estimate of drug-likeness (QED) is 0.207. The number of likely N-dealkylation sites (tertiary alicyclic amines) is 1. The Balaban J connectivity index is 1.25. The number of ether oxygens (including phenoxy) is 1. The van der Waals surface area contributed by atoms with Crippen LogP contribution in [0.25, 0.3) is 15.6 Å². The fourth-order valence-corrected chi connectivity index (χ4v) is 7.50. The number of likely N-dealkylation sites (N-methyl/N-ethyl adjacent to an activating group) is 2. The van der Waals surface area contributed by atoms with Gasteiger partial charge in [0.15, 0.2) is 0 Å². The molecular formula is C36H42ClF3N8O2. The van der Waals surface area contributed by atoms with Crippen LogP contribution in [-0.2, 0) is 17.8 Å². The highest BCUT2D eigenvalue weighted by Gasteiger charge is 2.35. The van der Waals surface area contributed by atoms with Gasteiger partial charge in [0.25, 0.3) is 0 Å². The lowest BCUT2D eigenvalue weighted by Crippen LogP contribution is -2.56. The van der Waals surface area contributed by atoms with Crippen LogP contribution in [0.1, 0.15) is 24.1 Å². The molecule has 4 heterocycles. The predicted octanol–water partition coefficient (Wildman–Crippen LogP) is 5.31. The molecular weight excluding hydrogens is 669 g/mol. The molecule has 6 rings (SSSR count). The summed E-state index contributed by atoms with van der Waals surface area (Å²) in [6.45, 7) is 10.6. The van der Waals surface area contributed by atoms with Gasteiger partial charge in [-0.25, -0.2) is 6.57 Å². The van der Waals surface area contributed by atoms with Crippen molar-refractivity contribution in [1.82, 2.24) is 24.7 Å². The molecule has 1 amide bonds. The van der Waals surface area contributed by atoms with E-state index in [0.717, 1.165) is 64.4 Å². The summed E-state index contributed by atoms with van der Waals surface area (Å²) in [4.78, 5) is 36.2. The molecule has 2 fully saturated rings. The van der Waals surface area contributed by atoms with E-state index in [1.54, 1.807) is 4.90 Å². The molecule has 1 aromatic heterocycles. The van der Waals surface area contributed by atoms with Crippen LogP contribution < -0.4 is 14.5 Å². The molecule has 0 unspecified atom stereocenters. The van der Waals surface area contributed by atoms with Crippen LogP contribution in [0.3, 0.4) is 0 Å². The summed E-state index contributed by atoms with van der Waals surface area (Å²) in [5, 5.41) is 2.76. The van der Waals surface area contributed by atoms with Gasteiger partial charge in [-0.3, -0.25) is 9.69 Å². The highest BCUT2D eigenvalue weighted by molar-refractivity contribution is 6.36. The summed E-state index contributed by atoms with van der Waals surface area (Å²) in [6, 6.07) is 12.3. The molecule has 2 saturated heterocycles. The van der Waals surface area contributed by atoms with E-state index in [2.05, 4.69) is 44.8 Å². The van der Waals surface area contributed by atoms with E-state index < -0.39 is 18.8 Å². The number of halogens is 4. The van der Waals surface area contributed by atoms with E-state index in [4.69, 9.17) is 32.9 Å². The molecule has 3 aliphatic heterocycles. The maximum atomic E-state index is 13.2.